The molecule has 0 atom stereocenters. The number of benzene rings is 3. The fraction of sp³-hybridized carbons (Fsp3) is 0.0952. The lowest BCUT2D eigenvalue weighted by atomic mass is 10.2. The quantitative estimate of drug-likeness (QED) is 0.443. The fourth-order valence-corrected chi connectivity index (χ4v) is 2.84. The van der Waals surface area contributed by atoms with Crippen LogP contribution in [0.2, 0.25) is 0 Å². The van der Waals surface area contributed by atoms with Crippen LogP contribution in [0.4, 0.5) is 10.1 Å². The van der Waals surface area contributed by atoms with E-state index in [0.29, 0.717) is 13.2 Å². The summed E-state index contributed by atoms with van der Waals surface area (Å²) in [5, 5.41) is 3.34. The van der Waals surface area contributed by atoms with Crippen molar-refractivity contribution in [2.75, 3.05) is 5.32 Å². The van der Waals surface area contributed by atoms with Gasteiger partial charge in [0.15, 0.2) is 0 Å². The third-order valence-electron chi connectivity index (χ3n) is 4.23. The van der Waals surface area contributed by atoms with Gasteiger partial charge in [0.1, 0.15) is 18.2 Å². The summed E-state index contributed by atoms with van der Waals surface area (Å²) in [6, 6.07) is 19.7. The van der Waals surface area contributed by atoms with Gasteiger partial charge in [-0.1, -0.05) is 24.3 Å². The number of fused-ring (bicyclic) bond motifs is 1. The van der Waals surface area contributed by atoms with E-state index in [9.17, 15) is 9.18 Å². The second-order valence-electron chi connectivity index (χ2n) is 6.26. The maximum absolute atomic E-state index is 12.9. The Hall–Kier alpha value is -3.25. The molecule has 4 rings (SSSR count). The number of rotatable bonds is 6. The van der Waals surface area contributed by atoms with Gasteiger partial charge >= 0.3 is 5.69 Å². The van der Waals surface area contributed by atoms with Gasteiger partial charge in [0.2, 0.25) is 0 Å². The zero-order chi connectivity index (χ0) is 18.6. The molecule has 3 N–H and O–H groups in total. The largest absolute Gasteiger partial charge is 0.489 e. The highest BCUT2D eigenvalue weighted by Gasteiger charge is 2.02. The van der Waals surface area contributed by atoms with E-state index in [1.54, 1.807) is 12.1 Å². The van der Waals surface area contributed by atoms with Crippen LogP contribution in [-0.2, 0) is 13.2 Å². The van der Waals surface area contributed by atoms with Crippen molar-refractivity contribution in [3.05, 3.63) is 94.2 Å². The maximum Gasteiger partial charge on any atom is 0.323 e. The first-order valence-electron chi connectivity index (χ1n) is 8.58. The molecule has 0 aliphatic rings. The Balaban J connectivity index is 0.00000225. The minimum Gasteiger partial charge on any atom is -0.489 e. The summed E-state index contributed by atoms with van der Waals surface area (Å²) >= 11 is 0. The predicted molar refractivity (Wildman–Crippen MR) is 111 cm³/mol. The van der Waals surface area contributed by atoms with Crippen molar-refractivity contribution in [3.8, 4) is 5.75 Å². The van der Waals surface area contributed by atoms with Gasteiger partial charge in [0, 0.05) is 12.2 Å². The molecule has 7 heteroatoms. The Labute approximate surface area is 167 Å². The first-order valence-corrected chi connectivity index (χ1v) is 8.58. The topological polar surface area (TPSA) is 69.9 Å². The number of hydrogen-bond donors (Lipinski definition) is 3. The molecule has 0 aliphatic carbocycles. The molecule has 0 unspecified atom stereocenters. The molecule has 144 valence electrons. The lowest BCUT2D eigenvalue weighted by Crippen LogP contribution is -2.01. The van der Waals surface area contributed by atoms with Gasteiger partial charge in [-0.25, -0.2) is 9.18 Å². The molecule has 0 radical (unpaired) electrons. The molecule has 1 heterocycles. The van der Waals surface area contributed by atoms with E-state index < -0.39 is 0 Å². The second kappa shape index (κ2) is 8.63. The summed E-state index contributed by atoms with van der Waals surface area (Å²) in [5.41, 5.74) is 4.22. The number of hydrogen-bond acceptors (Lipinski definition) is 3. The lowest BCUT2D eigenvalue weighted by Gasteiger charge is -2.10. The third kappa shape index (κ3) is 4.72. The van der Waals surface area contributed by atoms with Crippen molar-refractivity contribution < 1.29 is 9.13 Å². The number of halogens is 2. The summed E-state index contributed by atoms with van der Waals surface area (Å²) in [5.74, 6) is 0.498. The van der Waals surface area contributed by atoms with Crippen LogP contribution in [0.15, 0.2) is 71.5 Å². The molecule has 0 spiro atoms. The highest BCUT2D eigenvalue weighted by molar-refractivity contribution is 5.85. The van der Waals surface area contributed by atoms with E-state index >= 15 is 0 Å². The fourth-order valence-electron chi connectivity index (χ4n) is 2.84. The van der Waals surface area contributed by atoms with Crippen molar-refractivity contribution in [1.29, 1.82) is 0 Å². The molecule has 28 heavy (non-hydrogen) atoms. The maximum atomic E-state index is 12.9. The van der Waals surface area contributed by atoms with E-state index in [2.05, 4.69) is 15.3 Å². The van der Waals surface area contributed by atoms with E-state index in [1.807, 2.05) is 42.5 Å². The molecule has 3 aromatic carbocycles. The molecule has 0 fully saturated rings. The van der Waals surface area contributed by atoms with Crippen molar-refractivity contribution in [2.24, 2.45) is 0 Å². The zero-order valence-corrected chi connectivity index (χ0v) is 15.7. The van der Waals surface area contributed by atoms with Crippen LogP contribution < -0.4 is 15.7 Å². The molecule has 0 aliphatic heterocycles. The van der Waals surface area contributed by atoms with Gasteiger partial charge in [0.25, 0.3) is 0 Å². The number of anilines is 1. The van der Waals surface area contributed by atoms with Gasteiger partial charge in [-0.3, -0.25) is 0 Å². The van der Waals surface area contributed by atoms with Crippen LogP contribution in [0.1, 0.15) is 11.1 Å². The first-order chi connectivity index (χ1) is 13.2. The summed E-state index contributed by atoms with van der Waals surface area (Å²) in [7, 11) is 0. The van der Waals surface area contributed by atoms with Gasteiger partial charge in [0.05, 0.1) is 11.0 Å². The van der Waals surface area contributed by atoms with E-state index in [4.69, 9.17) is 4.74 Å². The highest BCUT2D eigenvalue weighted by Crippen LogP contribution is 2.18. The van der Waals surface area contributed by atoms with Crippen LogP contribution in [-0.4, -0.2) is 9.97 Å². The summed E-state index contributed by atoms with van der Waals surface area (Å²) in [4.78, 5) is 16.8. The van der Waals surface area contributed by atoms with Gasteiger partial charge in [-0.2, -0.15) is 0 Å². The number of imidazole rings is 1. The number of aromatic nitrogens is 2. The van der Waals surface area contributed by atoms with Crippen LogP contribution >= 0.6 is 12.4 Å². The number of ether oxygens (including phenoxy) is 1. The smallest absolute Gasteiger partial charge is 0.323 e. The normalized spacial score (nSPS) is 10.5. The van der Waals surface area contributed by atoms with Crippen LogP contribution in [0, 0.1) is 5.82 Å². The Morgan fingerprint density at radius 1 is 0.893 bits per heavy atom. The average Bonchev–Trinajstić information content (AvgIpc) is 3.05. The molecule has 0 saturated heterocycles. The van der Waals surface area contributed by atoms with Crippen molar-refractivity contribution in [2.45, 2.75) is 13.2 Å². The van der Waals surface area contributed by atoms with E-state index in [1.165, 1.54) is 12.1 Å². The van der Waals surface area contributed by atoms with Crippen LogP contribution in [0.3, 0.4) is 0 Å². The molecule has 1 aromatic heterocycles. The Morgan fingerprint density at radius 2 is 1.68 bits per heavy atom. The number of aromatic amines is 2. The number of nitrogens with one attached hydrogen (secondary N) is 3. The summed E-state index contributed by atoms with van der Waals surface area (Å²) in [6.07, 6.45) is 0. The van der Waals surface area contributed by atoms with E-state index in [0.717, 1.165) is 33.6 Å². The molecular formula is C21H19ClFN3O2. The first kappa shape index (κ1) is 19.5. The molecule has 0 saturated carbocycles. The van der Waals surface area contributed by atoms with Crippen LogP contribution in [0.5, 0.6) is 5.75 Å². The standard InChI is InChI=1S/C21H18FN3O2.ClH/c22-16-6-4-14(5-7-16)13-27-18-3-1-2-15(10-18)12-23-17-8-9-19-20(11-17)25-21(26)24-19;/h1-11,23H,12-13H2,(H2,24,25,26);1H. The minimum absolute atomic E-state index is 0. The summed E-state index contributed by atoms with van der Waals surface area (Å²) < 4.78 is 18.7. The van der Waals surface area contributed by atoms with Crippen molar-refractivity contribution >= 4 is 29.1 Å². The third-order valence-corrected chi connectivity index (χ3v) is 4.23. The van der Waals surface area contributed by atoms with E-state index in [-0.39, 0.29) is 23.9 Å². The lowest BCUT2D eigenvalue weighted by molar-refractivity contribution is 0.306. The molecular weight excluding hydrogens is 381 g/mol. The Kier molecular flexibility index (Phi) is 6.01. The Bertz CT molecular complexity index is 1120. The second-order valence-corrected chi connectivity index (χ2v) is 6.26. The van der Waals surface area contributed by atoms with Gasteiger partial charge < -0.3 is 20.0 Å². The monoisotopic (exact) mass is 399 g/mol. The molecule has 4 aromatic rings. The minimum atomic E-state index is -0.256. The van der Waals surface area contributed by atoms with Gasteiger partial charge in [-0.05, 0) is 53.6 Å². The van der Waals surface area contributed by atoms with Crippen molar-refractivity contribution in [3.63, 3.8) is 0 Å². The molecule has 5 nitrogen and oxygen atoms in total. The zero-order valence-electron chi connectivity index (χ0n) is 14.9. The Morgan fingerprint density at radius 3 is 2.50 bits per heavy atom. The SMILES string of the molecule is Cl.O=c1[nH]c2ccc(NCc3cccc(OCc4ccc(F)cc4)c3)cc2[nH]1. The predicted octanol–water partition coefficient (Wildman–Crippen LogP) is 4.61. The molecule has 0 amide bonds. The number of H-pyrrole nitrogens is 2. The highest BCUT2D eigenvalue weighted by atomic mass is 35.5. The molecule has 0 bridgehead atoms. The average molecular weight is 400 g/mol. The van der Waals surface area contributed by atoms with Crippen molar-refractivity contribution in [1.82, 2.24) is 9.97 Å². The van der Waals surface area contributed by atoms with Gasteiger partial charge in [-0.15, -0.1) is 12.4 Å². The summed E-state index contributed by atoms with van der Waals surface area (Å²) in [6.45, 7) is 1.00. The van der Waals surface area contributed by atoms with Crippen LogP contribution in [0.25, 0.3) is 11.0 Å².